The van der Waals surface area contributed by atoms with Gasteiger partial charge in [0.05, 0.1) is 18.0 Å². The fourth-order valence-electron chi connectivity index (χ4n) is 3.11. The zero-order chi connectivity index (χ0) is 20.4. The number of benzene rings is 3. The standard InChI is InChI=1S/C22H18ClNO3S2/c1-27-16-10-12-17(13-11-16)29(25,26)24-22(18-7-3-4-8-19(18)23)21-14-15-6-2-5-9-20(15)28-21/h2-14,22,24H,1H3/t22-/m1/s1. The van der Waals surface area contributed by atoms with Gasteiger partial charge in [-0.3, -0.25) is 0 Å². The Hall–Kier alpha value is -2.38. The Labute approximate surface area is 178 Å². The van der Waals surface area contributed by atoms with E-state index in [4.69, 9.17) is 16.3 Å². The van der Waals surface area contributed by atoms with Crippen LogP contribution in [0.3, 0.4) is 0 Å². The van der Waals surface area contributed by atoms with Gasteiger partial charge in [0, 0.05) is 14.6 Å². The average molecular weight is 444 g/mol. The van der Waals surface area contributed by atoms with Crippen molar-refractivity contribution in [1.82, 2.24) is 4.72 Å². The normalized spacial score (nSPS) is 12.8. The Kier molecular flexibility index (Phi) is 5.61. The van der Waals surface area contributed by atoms with Crippen LogP contribution in [0.4, 0.5) is 0 Å². The molecule has 0 aliphatic heterocycles. The molecule has 4 rings (SSSR count). The molecule has 4 aromatic rings. The average Bonchev–Trinajstić information content (AvgIpc) is 3.17. The monoisotopic (exact) mass is 443 g/mol. The molecule has 0 amide bonds. The maximum atomic E-state index is 13.1. The molecule has 0 bridgehead atoms. The van der Waals surface area contributed by atoms with Gasteiger partial charge in [0.1, 0.15) is 5.75 Å². The highest BCUT2D eigenvalue weighted by atomic mass is 35.5. The molecule has 0 fully saturated rings. The molecule has 0 saturated carbocycles. The fraction of sp³-hybridized carbons (Fsp3) is 0.0909. The SMILES string of the molecule is COc1ccc(S(=O)(=O)N[C@@H](c2cc3ccccc3s2)c2ccccc2Cl)cc1. The van der Waals surface area contributed by atoms with E-state index in [-0.39, 0.29) is 4.90 Å². The zero-order valence-electron chi connectivity index (χ0n) is 15.5. The zero-order valence-corrected chi connectivity index (χ0v) is 17.9. The summed E-state index contributed by atoms with van der Waals surface area (Å²) in [6, 6.07) is 22.9. The molecular formula is C22H18ClNO3S2. The maximum Gasteiger partial charge on any atom is 0.241 e. The first-order valence-electron chi connectivity index (χ1n) is 8.87. The minimum absolute atomic E-state index is 0.163. The number of hydrogen-bond acceptors (Lipinski definition) is 4. The number of rotatable bonds is 6. The summed E-state index contributed by atoms with van der Waals surface area (Å²) in [5.74, 6) is 0.594. The van der Waals surface area contributed by atoms with E-state index in [1.54, 1.807) is 29.5 Å². The number of hydrogen-bond donors (Lipinski definition) is 1. The number of fused-ring (bicyclic) bond motifs is 1. The number of nitrogens with one attached hydrogen (secondary N) is 1. The third-order valence-electron chi connectivity index (χ3n) is 4.59. The lowest BCUT2D eigenvalue weighted by atomic mass is 10.1. The Balaban J connectivity index is 1.78. The van der Waals surface area contributed by atoms with Crippen molar-refractivity contribution in [1.29, 1.82) is 0 Å². The minimum Gasteiger partial charge on any atom is -0.497 e. The summed E-state index contributed by atoms with van der Waals surface area (Å²) in [7, 11) is -2.25. The number of ether oxygens (including phenoxy) is 1. The first-order valence-corrected chi connectivity index (χ1v) is 11.5. The molecule has 4 nitrogen and oxygen atoms in total. The highest BCUT2D eigenvalue weighted by Gasteiger charge is 2.26. The van der Waals surface area contributed by atoms with E-state index < -0.39 is 16.1 Å². The third kappa shape index (κ3) is 4.16. The Morgan fingerprint density at radius 3 is 2.34 bits per heavy atom. The molecule has 3 aromatic carbocycles. The maximum absolute atomic E-state index is 13.1. The molecule has 0 saturated heterocycles. The van der Waals surface area contributed by atoms with Gasteiger partial charge >= 0.3 is 0 Å². The lowest BCUT2D eigenvalue weighted by Crippen LogP contribution is -2.29. The first kappa shape index (κ1) is 19.9. The number of sulfonamides is 1. The molecule has 1 heterocycles. The van der Waals surface area contributed by atoms with E-state index >= 15 is 0 Å². The van der Waals surface area contributed by atoms with Crippen LogP contribution in [0.25, 0.3) is 10.1 Å². The summed E-state index contributed by atoms with van der Waals surface area (Å²) >= 11 is 7.98. The van der Waals surface area contributed by atoms with Gasteiger partial charge in [-0.15, -0.1) is 11.3 Å². The van der Waals surface area contributed by atoms with Gasteiger partial charge in [-0.1, -0.05) is 48.0 Å². The lowest BCUT2D eigenvalue weighted by Gasteiger charge is -2.19. The van der Waals surface area contributed by atoms with Gasteiger partial charge in [0.2, 0.25) is 10.0 Å². The summed E-state index contributed by atoms with van der Waals surface area (Å²) in [5.41, 5.74) is 0.706. The number of thiophene rings is 1. The summed E-state index contributed by atoms with van der Waals surface area (Å²) in [6.45, 7) is 0. The van der Waals surface area contributed by atoms with Crippen molar-refractivity contribution in [3.05, 3.63) is 94.3 Å². The van der Waals surface area contributed by atoms with E-state index in [0.717, 1.165) is 15.0 Å². The fourth-order valence-corrected chi connectivity index (χ4v) is 5.76. The van der Waals surface area contributed by atoms with E-state index in [1.165, 1.54) is 19.2 Å². The molecular weight excluding hydrogens is 426 g/mol. The molecule has 0 unspecified atom stereocenters. The Morgan fingerprint density at radius 2 is 1.66 bits per heavy atom. The van der Waals surface area contributed by atoms with E-state index in [2.05, 4.69) is 4.72 Å². The minimum atomic E-state index is -3.79. The van der Waals surface area contributed by atoms with Crippen LogP contribution in [0.2, 0.25) is 5.02 Å². The van der Waals surface area contributed by atoms with E-state index in [1.807, 2.05) is 48.5 Å². The summed E-state index contributed by atoms with van der Waals surface area (Å²) in [6.07, 6.45) is 0. The van der Waals surface area contributed by atoms with E-state index in [0.29, 0.717) is 16.3 Å². The van der Waals surface area contributed by atoms with Crippen molar-refractivity contribution < 1.29 is 13.2 Å². The van der Waals surface area contributed by atoms with Crippen molar-refractivity contribution >= 4 is 43.0 Å². The van der Waals surface area contributed by atoms with Gasteiger partial charge < -0.3 is 4.74 Å². The summed E-state index contributed by atoms with van der Waals surface area (Å²) in [4.78, 5) is 1.04. The topological polar surface area (TPSA) is 55.4 Å². The largest absolute Gasteiger partial charge is 0.497 e. The first-order chi connectivity index (χ1) is 14.0. The quantitative estimate of drug-likeness (QED) is 0.420. The lowest BCUT2D eigenvalue weighted by molar-refractivity contribution is 0.414. The van der Waals surface area contributed by atoms with Crippen molar-refractivity contribution in [3.8, 4) is 5.75 Å². The molecule has 148 valence electrons. The molecule has 1 N–H and O–H groups in total. The number of halogens is 1. The van der Waals surface area contributed by atoms with Gasteiger partial charge in [0.15, 0.2) is 0 Å². The molecule has 1 aromatic heterocycles. The molecule has 0 radical (unpaired) electrons. The molecule has 0 spiro atoms. The van der Waals surface area contributed by atoms with Gasteiger partial charge in [0.25, 0.3) is 0 Å². The van der Waals surface area contributed by atoms with Crippen LogP contribution < -0.4 is 9.46 Å². The second-order valence-corrected chi connectivity index (χ2v) is 9.67. The van der Waals surface area contributed by atoms with Crippen LogP contribution in [0.5, 0.6) is 5.75 Å². The van der Waals surface area contributed by atoms with Crippen LogP contribution in [-0.4, -0.2) is 15.5 Å². The van der Waals surface area contributed by atoms with Crippen LogP contribution in [0.1, 0.15) is 16.5 Å². The Bertz CT molecular complexity index is 1220. The molecule has 0 aliphatic carbocycles. The molecule has 7 heteroatoms. The second-order valence-electron chi connectivity index (χ2n) is 6.44. The summed E-state index contributed by atoms with van der Waals surface area (Å²) < 4.78 is 35.3. The van der Waals surface area contributed by atoms with Crippen LogP contribution in [0, 0.1) is 0 Å². The molecule has 0 aliphatic rings. The summed E-state index contributed by atoms with van der Waals surface area (Å²) in [5, 5.41) is 1.57. The van der Waals surface area contributed by atoms with Crippen molar-refractivity contribution in [2.45, 2.75) is 10.9 Å². The molecule has 1 atom stereocenters. The van der Waals surface area contributed by atoms with Crippen LogP contribution in [0.15, 0.2) is 83.8 Å². The Morgan fingerprint density at radius 1 is 0.966 bits per heavy atom. The molecule has 29 heavy (non-hydrogen) atoms. The highest BCUT2D eigenvalue weighted by molar-refractivity contribution is 7.89. The van der Waals surface area contributed by atoms with Crippen molar-refractivity contribution in [2.75, 3.05) is 7.11 Å². The number of methoxy groups -OCH3 is 1. The predicted octanol–water partition coefficient (Wildman–Crippen LogP) is 5.63. The highest BCUT2D eigenvalue weighted by Crippen LogP contribution is 2.36. The van der Waals surface area contributed by atoms with Crippen LogP contribution >= 0.6 is 22.9 Å². The van der Waals surface area contributed by atoms with Gasteiger partial charge in [-0.25, -0.2) is 8.42 Å². The van der Waals surface area contributed by atoms with Crippen molar-refractivity contribution in [3.63, 3.8) is 0 Å². The van der Waals surface area contributed by atoms with Gasteiger partial charge in [-0.2, -0.15) is 4.72 Å². The van der Waals surface area contributed by atoms with E-state index in [9.17, 15) is 8.42 Å². The second kappa shape index (κ2) is 8.16. The predicted molar refractivity (Wildman–Crippen MR) is 118 cm³/mol. The third-order valence-corrected chi connectivity index (χ3v) is 7.55. The van der Waals surface area contributed by atoms with Crippen LogP contribution in [-0.2, 0) is 10.0 Å². The van der Waals surface area contributed by atoms with Crippen molar-refractivity contribution in [2.24, 2.45) is 0 Å². The smallest absolute Gasteiger partial charge is 0.241 e. The van der Waals surface area contributed by atoms with Gasteiger partial charge in [-0.05, 0) is 53.4 Å².